The molecule has 1 aromatic rings. The Kier molecular flexibility index (Phi) is 1.28. The van der Waals surface area contributed by atoms with E-state index in [0.717, 1.165) is 0 Å². The van der Waals surface area contributed by atoms with E-state index >= 15 is 0 Å². The Morgan fingerprint density at radius 3 is 2.58 bits per heavy atom. The predicted molar refractivity (Wildman–Crippen MR) is 36.0 cm³/mol. The maximum absolute atomic E-state index is 12.4. The van der Waals surface area contributed by atoms with Crippen molar-refractivity contribution in [3.05, 3.63) is 30.7 Å². The third-order valence-corrected chi connectivity index (χ3v) is 1.43. The van der Waals surface area contributed by atoms with Gasteiger partial charge < -0.3 is 9.47 Å². The molecule has 1 aliphatic rings. The molecule has 1 aliphatic heterocycles. The van der Waals surface area contributed by atoms with Gasteiger partial charge in [-0.25, -0.2) is 0 Å². The van der Waals surface area contributed by atoms with Crippen molar-refractivity contribution in [3.63, 3.8) is 0 Å². The summed E-state index contributed by atoms with van der Waals surface area (Å²) in [6.45, 7) is 5.34. The zero-order valence-electron chi connectivity index (χ0n) is 5.88. The van der Waals surface area contributed by atoms with Gasteiger partial charge in [-0.15, -0.1) is 8.78 Å². The smallest absolute Gasteiger partial charge is 0.395 e. The molecule has 62 valence electrons. The molecule has 0 unspecified atom stereocenters. The minimum absolute atomic E-state index is 0.00852. The first-order valence-electron chi connectivity index (χ1n) is 3.22. The first-order valence-corrected chi connectivity index (χ1v) is 3.22. The topological polar surface area (TPSA) is 18.5 Å². The standard InChI is InChI=1S/C8H4F2O2/c1-5-2-3-6-7(4-5)12-8(9,10)11-6/h1-4H. The summed E-state index contributed by atoms with van der Waals surface area (Å²) in [6.07, 6.45) is -3.56. The summed E-state index contributed by atoms with van der Waals surface area (Å²) in [6, 6.07) is 4.09. The van der Waals surface area contributed by atoms with Crippen molar-refractivity contribution in [3.8, 4) is 11.5 Å². The van der Waals surface area contributed by atoms with Gasteiger partial charge >= 0.3 is 6.29 Å². The van der Waals surface area contributed by atoms with E-state index in [2.05, 4.69) is 9.47 Å². The normalized spacial score (nSPS) is 17.9. The average Bonchev–Trinajstić information content (AvgIpc) is 2.21. The van der Waals surface area contributed by atoms with E-state index in [1.54, 1.807) is 0 Å². The van der Waals surface area contributed by atoms with Crippen LogP contribution in [0.4, 0.5) is 8.78 Å². The van der Waals surface area contributed by atoms with Gasteiger partial charge in [0.1, 0.15) is 0 Å². The fraction of sp³-hybridized carbons (Fsp3) is 0.125. The van der Waals surface area contributed by atoms with Crippen LogP contribution < -0.4 is 9.47 Å². The Morgan fingerprint density at radius 2 is 1.83 bits per heavy atom. The number of benzene rings is 1. The third kappa shape index (κ3) is 1.09. The van der Waals surface area contributed by atoms with Crippen LogP contribution in [0.2, 0.25) is 0 Å². The second-order valence-electron chi connectivity index (χ2n) is 2.37. The molecule has 0 spiro atoms. The van der Waals surface area contributed by atoms with Gasteiger partial charge in [-0.3, -0.25) is 0 Å². The van der Waals surface area contributed by atoms with Gasteiger partial charge in [-0.05, 0) is 24.6 Å². The molecule has 2 radical (unpaired) electrons. The Labute approximate surface area is 67.7 Å². The number of halogens is 2. The van der Waals surface area contributed by atoms with Crippen LogP contribution in [0.15, 0.2) is 18.2 Å². The lowest BCUT2D eigenvalue weighted by molar-refractivity contribution is -0.286. The van der Waals surface area contributed by atoms with Crippen molar-refractivity contribution < 1.29 is 18.3 Å². The predicted octanol–water partition coefficient (Wildman–Crippen LogP) is 2.07. The molecule has 0 aliphatic carbocycles. The summed E-state index contributed by atoms with van der Waals surface area (Å²) in [5.74, 6) is -0.0193. The molecule has 0 N–H and O–H groups in total. The first kappa shape index (κ1) is 7.34. The molecule has 1 heterocycles. The maximum Gasteiger partial charge on any atom is 0.586 e. The van der Waals surface area contributed by atoms with Crippen molar-refractivity contribution in [2.75, 3.05) is 0 Å². The minimum Gasteiger partial charge on any atom is -0.395 e. The molecular formula is C8H4F2O2. The second kappa shape index (κ2) is 2.09. The maximum atomic E-state index is 12.4. The lowest BCUT2D eigenvalue weighted by atomic mass is 10.2. The lowest BCUT2D eigenvalue weighted by Crippen LogP contribution is -2.25. The molecule has 12 heavy (non-hydrogen) atoms. The molecule has 0 aromatic heterocycles. The number of ether oxygens (including phenoxy) is 2. The summed E-state index contributed by atoms with van der Waals surface area (Å²) in [4.78, 5) is 0. The van der Waals surface area contributed by atoms with Crippen LogP contribution in [0.3, 0.4) is 0 Å². The fourth-order valence-corrected chi connectivity index (χ4v) is 0.966. The van der Waals surface area contributed by atoms with E-state index in [9.17, 15) is 8.78 Å². The molecule has 0 bridgehead atoms. The van der Waals surface area contributed by atoms with Crippen molar-refractivity contribution >= 4 is 0 Å². The largest absolute Gasteiger partial charge is 0.586 e. The van der Waals surface area contributed by atoms with Gasteiger partial charge in [0.15, 0.2) is 11.5 Å². The Morgan fingerprint density at radius 1 is 1.17 bits per heavy atom. The van der Waals surface area contributed by atoms with E-state index in [1.807, 2.05) is 0 Å². The van der Waals surface area contributed by atoms with Crippen LogP contribution in [-0.4, -0.2) is 6.29 Å². The number of rotatable bonds is 0. The van der Waals surface area contributed by atoms with Crippen LogP contribution in [0.5, 0.6) is 11.5 Å². The monoisotopic (exact) mass is 170 g/mol. The molecule has 1 aromatic carbocycles. The molecular weight excluding hydrogens is 166 g/mol. The van der Waals surface area contributed by atoms with E-state index in [4.69, 9.17) is 6.92 Å². The highest BCUT2D eigenvalue weighted by Crippen LogP contribution is 2.40. The zero-order valence-corrected chi connectivity index (χ0v) is 5.88. The number of hydrogen-bond acceptors (Lipinski definition) is 2. The molecule has 0 saturated heterocycles. The van der Waals surface area contributed by atoms with Crippen LogP contribution in [0.25, 0.3) is 0 Å². The molecule has 4 heteroatoms. The second-order valence-corrected chi connectivity index (χ2v) is 2.37. The molecule has 0 fully saturated rings. The molecule has 0 saturated carbocycles. The first-order chi connectivity index (χ1) is 5.57. The Bertz CT molecular complexity index is 323. The molecule has 0 atom stereocenters. The van der Waals surface area contributed by atoms with Crippen LogP contribution in [-0.2, 0) is 0 Å². The van der Waals surface area contributed by atoms with Crippen LogP contribution in [0.1, 0.15) is 5.56 Å². The van der Waals surface area contributed by atoms with E-state index < -0.39 is 6.29 Å². The van der Waals surface area contributed by atoms with Crippen molar-refractivity contribution in [2.24, 2.45) is 0 Å². The summed E-state index contributed by atoms with van der Waals surface area (Å²) in [5.41, 5.74) is 0.357. The summed E-state index contributed by atoms with van der Waals surface area (Å²) >= 11 is 0. The van der Waals surface area contributed by atoms with Crippen molar-refractivity contribution in [1.82, 2.24) is 0 Å². The van der Waals surface area contributed by atoms with Gasteiger partial charge in [0.25, 0.3) is 0 Å². The summed E-state index contributed by atoms with van der Waals surface area (Å²) in [7, 11) is 0. The van der Waals surface area contributed by atoms with Crippen LogP contribution >= 0.6 is 0 Å². The zero-order chi connectivity index (χ0) is 8.77. The Hall–Kier alpha value is -1.32. The number of alkyl halides is 2. The summed E-state index contributed by atoms with van der Waals surface area (Å²) < 4.78 is 33.0. The SMILES string of the molecule is [CH]c1ccc2c(c1)OC(F)(F)O2. The fourth-order valence-electron chi connectivity index (χ4n) is 0.966. The quantitative estimate of drug-likeness (QED) is 0.593. The van der Waals surface area contributed by atoms with Crippen LogP contribution in [0, 0.1) is 6.92 Å². The highest BCUT2D eigenvalue weighted by molar-refractivity contribution is 5.45. The van der Waals surface area contributed by atoms with Gasteiger partial charge in [-0.1, -0.05) is 6.07 Å². The van der Waals surface area contributed by atoms with Crippen molar-refractivity contribution in [2.45, 2.75) is 6.29 Å². The van der Waals surface area contributed by atoms with Gasteiger partial charge in [0.2, 0.25) is 0 Å². The van der Waals surface area contributed by atoms with Crippen molar-refractivity contribution in [1.29, 1.82) is 0 Å². The average molecular weight is 170 g/mol. The molecule has 0 amide bonds. The van der Waals surface area contributed by atoms with Gasteiger partial charge in [0.05, 0.1) is 0 Å². The van der Waals surface area contributed by atoms with E-state index in [0.29, 0.717) is 5.56 Å². The molecule has 2 rings (SSSR count). The van der Waals surface area contributed by atoms with E-state index in [-0.39, 0.29) is 11.5 Å². The van der Waals surface area contributed by atoms with Gasteiger partial charge in [0, 0.05) is 0 Å². The van der Waals surface area contributed by atoms with E-state index in [1.165, 1.54) is 18.2 Å². The summed E-state index contributed by atoms with van der Waals surface area (Å²) in [5, 5.41) is 0. The highest BCUT2D eigenvalue weighted by Gasteiger charge is 2.43. The number of hydrogen-bond donors (Lipinski definition) is 0. The number of fused-ring (bicyclic) bond motifs is 1. The van der Waals surface area contributed by atoms with Gasteiger partial charge in [-0.2, -0.15) is 0 Å². The Balaban J connectivity index is 2.43. The lowest BCUT2D eigenvalue weighted by Gasteiger charge is -2.04. The third-order valence-electron chi connectivity index (χ3n) is 1.43. The highest BCUT2D eigenvalue weighted by atomic mass is 19.3. The molecule has 2 nitrogen and oxygen atoms in total. The minimum atomic E-state index is -3.56.